The SMILES string of the molecule is Cc1cc(C#N)c2ccc3c(C#N)cc(C)c4ccc1c2c43. The molecule has 0 saturated heterocycles. The van der Waals surface area contributed by atoms with Crippen LogP contribution in [0.15, 0.2) is 36.4 Å². The normalized spacial score (nSPS) is 11.1. The van der Waals surface area contributed by atoms with E-state index in [9.17, 15) is 10.5 Å². The lowest BCUT2D eigenvalue weighted by Gasteiger charge is -2.15. The maximum absolute atomic E-state index is 9.45. The summed E-state index contributed by atoms with van der Waals surface area (Å²) in [5.41, 5.74) is 3.58. The number of aryl methyl sites for hydroxylation is 2. The molecule has 0 heterocycles. The van der Waals surface area contributed by atoms with Gasteiger partial charge in [-0.15, -0.1) is 0 Å². The third kappa shape index (κ3) is 1.42. The van der Waals surface area contributed by atoms with Crippen molar-refractivity contribution in [3.63, 3.8) is 0 Å². The Morgan fingerprint density at radius 1 is 0.636 bits per heavy atom. The summed E-state index contributed by atoms with van der Waals surface area (Å²) in [5.74, 6) is 0. The molecular formula is C20H12N2. The van der Waals surface area contributed by atoms with Crippen LogP contribution in [0, 0.1) is 36.5 Å². The zero-order chi connectivity index (χ0) is 15.4. The molecule has 4 rings (SSSR count). The zero-order valence-electron chi connectivity index (χ0n) is 12.4. The van der Waals surface area contributed by atoms with Crippen LogP contribution in [0.25, 0.3) is 32.3 Å². The van der Waals surface area contributed by atoms with Gasteiger partial charge < -0.3 is 0 Å². The van der Waals surface area contributed by atoms with Crippen molar-refractivity contribution in [2.75, 3.05) is 0 Å². The number of rotatable bonds is 0. The zero-order valence-corrected chi connectivity index (χ0v) is 12.4. The van der Waals surface area contributed by atoms with Crippen LogP contribution in [-0.4, -0.2) is 0 Å². The molecule has 0 saturated carbocycles. The second kappa shape index (κ2) is 4.20. The van der Waals surface area contributed by atoms with E-state index in [4.69, 9.17) is 0 Å². The molecule has 22 heavy (non-hydrogen) atoms. The fraction of sp³-hybridized carbons (Fsp3) is 0.100. The minimum Gasteiger partial charge on any atom is -0.192 e. The first kappa shape index (κ1) is 12.6. The molecule has 0 aliphatic carbocycles. The molecule has 0 amide bonds. The smallest absolute Gasteiger partial charge is 0.0998 e. The van der Waals surface area contributed by atoms with Crippen LogP contribution in [0.1, 0.15) is 22.3 Å². The maximum atomic E-state index is 9.45. The van der Waals surface area contributed by atoms with Gasteiger partial charge in [0, 0.05) is 10.8 Å². The van der Waals surface area contributed by atoms with Crippen molar-refractivity contribution < 1.29 is 0 Å². The molecule has 0 spiro atoms. The van der Waals surface area contributed by atoms with Gasteiger partial charge in [0.1, 0.15) is 0 Å². The van der Waals surface area contributed by atoms with Gasteiger partial charge >= 0.3 is 0 Å². The van der Waals surface area contributed by atoms with Gasteiger partial charge in [0.2, 0.25) is 0 Å². The van der Waals surface area contributed by atoms with E-state index in [0.717, 1.165) is 43.4 Å². The molecule has 0 aromatic heterocycles. The Morgan fingerprint density at radius 3 is 1.36 bits per heavy atom. The van der Waals surface area contributed by atoms with Crippen molar-refractivity contribution in [3.8, 4) is 12.1 Å². The summed E-state index contributed by atoms with van der Waals surface area (Å²) < 4.78 is 0. The fourth-order valence-corrected chi connectivity index (χ4v) is 3.53. The molecule has 0 fully saturated rings. The predicted octanol–water partition coefficient (Wildman–Crippen LogP) is 4.94. The van der Waals surface area contributed by atoms with Crippen molar-refractivity contribution in [2.45, 2.75) is 13.8 Å². The molecule has 0 aliphatic heterocycles. The van der Waals surface area contributed by atoms with Crippen molar-refractivity contribution >= 4 is 32.3 Å². The van der Waals surface area contributed by atoms with E-state index in [0.29, 0.717) is 11.1 Å². The third-order valence-corrected chi connectivity index (χ3v) is 4.55. The number of benzene rings is 4. The Bertz CT molecular complexity index is 1060. The maximum Gasteiger partial charge on any atom is 0.0998 e. The van der Waals surface area contributed by atoms with Gasteiger partial charge in [0.25, 0.3) is 0 Å². The minimum absolute atomic E-state index is 0.694. The summed E-state index contributed by atoms with van der Waals surface area (Å²) in [7, 11) is 0. The highest BCUT2D eigenvalue weighted by Crippen LogP contribution is 2.39. The van der Waals surface area contributed by atoms with Crippen molar-refractivity contribution in [2.24, 2.45) is 0 Å². The van der Waals surface area contributed by atoms with E-state index in [1.165, 1.54) is 0 Å². The van der Waals surface area contributed by atoms with Crippen LogP contribution in [0.3, 0.4) is 0 Å². The molecule has 4 aromatic rings. The standard InChI is InChI=1S/C20H12N2/c1-11-7-13(9-21)17-5-6-18-14(10-22)8-12(2)16-4-3-15(11)19(17)20(16)18/h3-8H,1-2H3. The van der Waals surface area contributed by atoms with Crippen LogP contribution in [-0.2, 0) is 0 Å². The van der Waals surface area contributed by atoms with Gasteiger partial charge in [0.15, 0.2) is 0 Å². The Morgan fingerprint density at radius 2 is 1.00 bits per heavy atom. The molecule has 102 valence electrons. The van der Waals surface area contributed by atoms with Gasteiger partial charge in [-0.3, -0.25) is 0 Å². The van der Waals surface area contributed by atoms with Gasteiger partial charge in [-0.25, -0.2) is 0 Å². The lowest BCUT2D eigenvalue weighted by Crippen LogP contribution is -1.93. The lowest BCUT2D eigenvalue weighted by molar-refractivity contribution is 1.46. The summed E-state index contributed by atoms with van der Waals surface area (Å²) in [6.07, 6.45) is 0. The first-order chi connectivity index (χ1) is 10.7. The molecule has 0 radical (unpaired) electrons. The largest absolute Gasteiger partial charge is 0.192 e. The molecule has 2 heteroatoms. The molecule has 0 unspecified atom stereocenters. The first-order valence-corrected chi connectivity index (χ1v) is 7.17. The van der Waals surface area contributed by atoms with E-state index < -0.39 is 0 Å². The monoisotopic (exact) mass is 280 g/mol. The van der Waals surface area contributed by atoms with E-state index in [1.54, 1.807) is 0 Å². The van der Waals surface area contributed by atoms with Gasteiger partial charge in [-0.05, 0) is 58.7 Å². The summed E-state index contributed by atoms with van der Waals surface area (Å²) in [6.45, 7) is 4.07. The highest BCUT2D eigenvalue weighted by Gasteiger charge is 2.15. The summed E-state index contributed by atoms with van der Waals surface area (Å²) in [6, 6.07) is 16.7. The van der Waals surface area contributed by atoms with Crippen molar-refractivity contribution in [1.82, 2.24) is 0 Å². The molecule has 0 aliphatic rings. The first-order valence-electron chi connectivity index (χ1n) is 7.17. The fourth-order valence-electron chi connectivity index (χ4n) is 3.53. The Kier molecular flexibility index (Phi) is 2.41. The summed E-state index contributed by atoms with van der Waals surface area (Å²) in [5, 5.41) is 25.3. The molecule has 0 N–H and O–H groups in total. The molecular weight excluding hydrogens is 268 g/mol. The van der Waals surface area contributed by atoms with Crippen LogP contribution in [0.4, 0.5) is 0 Å². The second-order valence-electron chi connectivity index (χ2n) is 5.78. The Hall–Kier alpha value is -3.10. The van der Waals surface area contributed by atoms with E-state index in [1.807, 2.05) is 38.1 Å². The highest BCUT2D eigenvalue weighted by atomic mass is 14.3. The Labute approximate surface area is 128 Å². The Balaban J connectivity index is 2.45. The number of hydrogen-bond acceptors (Lipinski definition) is 2. The average Bonchev–Trinajstić information content (AvgIpc) is 2.55. The number of nitrogens with zero attached hydrogens (tertiary/aromatic N) is 2. The minimum atomic E-state index is 0.694. The van der Waals surface area contributed by atoms with E-state index >= 15 is 0 Å². The topological polar surface area (TPSA) is 47.6 Å². The van der Waals surface area contributed by atoms with E-state index in [-0.39, 0.29) is 0 Å². The van der Waals surface area contributed by atoms with E-state index in [2.05, 4.69) is 24.3 Å². The molecule has 2 nitrogen and oxygen atoms in total. The molecule has 0 atom stereocenters. The van der Waals surface area contributed by atoms with Crippen molar-refractivity contribution in [1.29, 1.82) is 10.5 Å². The molecule has 0 bridgehead atoms. The second-order valence-corrected chi connectivity index (χ2v) is 5.78. The summed E-state index contributed by atoms with van der Waals surface area (Å²) in [4.78, 5) is 0. The summed E-state index contributed by atoms with van der Waals surface area (Å²) >= 11 is 0. The van der Waals surface area contributed by atoms with Crippen LogP contribution >= 0.6 is 0 Å². The van der Waals surface area contributed by atoms with Gasteiger partial charge in [-0.1, -0.05) is 24.3 Å². The van der Waals surface area contributed by atoms with Gasteiger partial charge in [0.05, 0.1) is 23.3 Å². The lowest BCUT2D eigenvalue weighted by atomic mass is 9.87. The highest BCUT2D eigenvalue weighted by molar-refractivity contribution is 6.25. The number of nitriles is 2. The van der Waals surface area contributed by atoms with Crippen LogP contribution in [0.2, 0.25) is 0 Å². The predicted molar refractivity (Wildman–Crippen MR) is 89.1 cm³/mol. The quantitative estimate of drug-likeness (QED) is 0.428. The number of hydrogen-bond donors (Lipinski definition) is 0. The average molecular weight is 280 g/mol. The molecule has 4 aromatic carbocycles. The third-order valence-electron chi connectivity index (χ3n) is 4.55. The van der Waals surface area contributed by atoms with Crippen LogP contribution < -0.4 is 0 Å². The van der Waals surface area contributed by atoms with Crippen LogP contribution in [0.5, 0.6) is 0 Å². The van der Waals surface area contributed by atoms with Crippen molar-refractivity contribution in [3.05, 3.63) is 58.7 Å². The van der Waals surface area contributed by atoms with Gasteiger partial charge in [-0.2, -0.15) is 10.5 Å².